The van der Waals surface area contributed by atoms with Crippen LogP contribution in [0.2, 0.25) is 0 Å². The van der Waals surface area contributed by atoms with Gasteiger partial charge in [0.2, 0.25) is 5.13 Å². The molecule has 0 aromatic carbocycles. The van der Waals surface area contributed by atoms with Crippen LogP contribution in [0.3, 0.4) is 0 Å². The third kappa shape index (κ3) is 2.86. The molecular formula is C13H12N4O2S2. The van der Waals surface area contributed by atoms with Gasteiger partial charge in [-0.1, -0.05) is 11.3 Å². The zero-order chi connectivity index (χ0) is 15.0. The Hall–Kier alpha value is -2.06. The molecule has 108 valence electrons. The number of aryl methyl sites for hydroxylation is 3. The molecule has 3 aromatic heterocycles. The standard InChI is InChI=1S/C13H12N4O2S2/c1-6-4-5-9(19-6)12-14-7(2)10(21-12)11(18)15-13-17-16-8(3)20-13/h4-5H,1-3H3,(H,15,17,18). The summed E-state index contributed by atoms with van der Waals surface area (Å²) in [6.45, 7) is 5.51. The van der Waals surface area contributed by atoms with Crippen LogP contribution < -0.4 is 5.32 Å². The van der Waals surface area contributed by atoms with Gasteiger partial charge >= 0.3 is 0 Å². The summed E-state index contributed by atoms with van der Waals surface area (Å²) in [4.78, 5) is 17.2. The highest BCUT2D eigenvalue weighted by Crippen LogP contribution is 2.30. The van der Waals surface area contributed by atoms with E-state index in [9.17, 15) is 4.79 Å². The summed E-state index contributed by atoms with van der Waals surface area (Å²) in [7, 11) is 0. The van der Waals surface area contributed by atoms with Crippen molar-refractivity contribution in [1.29, 1.82) is 0 Å². The molecule has 0 unspecified atom stereocenters. The van der Waals surface area contributed by atoms with E-state index in [1.807, 2.05) is 26.0 Å². The summed E-state index contributed by atoms with van der Waals surface area (Å²) in [5.74, 6) is 1.26. The monoisotopic (exact) mass is 320 g/mol. The van der Waals surface area contributed by atoms with Gasteiger partial charge in [-0.25, -0.2) is 4.98 Å². The van der Waals surface area contributed by atoms with Gasteiger partial charge in [-0.3, -0.25) is 10.1 Å². The summed E-state index contributed by atoms with van der Waals surface area (Å²) in [5, 5.41) is 12.5. The van der Waals surface area contributed by atoms with Crippen molar-refractivity contribution < 1.29 is 9.21 Å². The molecule has 0 saturated heterocycles. The Labute approximate surface area is 128 Å². The largest absolute Gasteiger partial charge is 0.459 e. The van der Waals surface area contributed by atoms with Crippen LogP contribution in [0, 0.1) is 20.8 Å². The Kier molecular flexibility index (Phi) is 3.56. The maximum absolute atomic E-state index is 12.3. The summed E-state index contributed by atoms with van der Waals surface area (Å²) < 4.78 is 5.54. The molecule has 21 heavy (non-hydrogen) atoms. The zero-order valence-electron chi connectivity index (χ0n) is 11.6. The molecule has 8 heteroatoms. The average Bonchev–Trinajstić information content (AvgIpc) is 3.11. The van der Waals surface area contributed by atoms with Gasteiger partial charge in [-0.2, -0.15) is 0 Å². The number of amides is 1. The highest BCUT2D eigenvalue weighted by Gasteiger charge is 2.18. The quantitative estimate of drug-likeness (QED) is 0.799. The number of nitrogens with zero attached hydrogens (tertiary/aromatic N) is 3. The Bertz CT molecular complexity index is 803. The second-order valence-corrected chi connectivity index (χ2v) is 6.60. The molecule has 0 atom stereocenters. The third-order valence-electron chi connectivity index (χ3n) is 2.70. The predicted octanol–water partition coefficient (Wildman–Crippen LogP) is 3.43. The molecular weight excluding hydrogens is 308 g/mol. The van der Waals surface area contributed by atoms with E-state index in [1.165, 1.54) is 22.7 Å². The first kappa shape index (κ1) is 13.9. The van der Waals surface area contributed by atoms with Gasteiger partial charge in [0.15, 0.2) is 10.8 Å². The van der Waals surface area contributed by atoms with E-state index in [-0.39, 0.29) is 5.91 Å². The minimum atomic E-state index is -0.226. The summed E-state index contributed by atoms with van der Waals surface area (Å²) in [6.07, 6.45) is 0. The van der Waals surface area contributed by atoms with Gasteiger partial charge < -0.3 is 4.42 Å². The number of aromatic nitrogens is 3. The van der Waals surface area contributed by atoms with Gasteiger partial charge in [0.05, 0.1) is 5.69 Å². The fraction of sp³-hybridized carbons (Fsp3) is 0.231. The number of hydrogen-bond acceptors (Lipinski definition) is 7. The molecule has 3 rings (SSSR count). The van der Waals surface area contributed by atoms with Gasteiger partial charge in [0.25, 0.3) is 5.91 Å². The van der Waals surface area contributed by atoms with Gasteiger partial charge in [-0.05, 0) is 32.9 Å². The molecule has 3 aromatic rings. The van der Waals surface area contributed by atoms with E-state index >= 15 is 0 Å². The molecule has 6 nitrogen and oxygen atoms in total. The summed E-state index contributed by atoms with van der Waals surface area (Å²) >= 11 is 2.63. The molecule has 3 heterocycles. The van der Waals surface area contributed by atoms with Crippen molar-refractivity contribution in [2.75, 3.05) is 5.32 Å². The van der Waals surface area contributed by atoms with Crippen molar-refractivity contribution in [3.8, 4) is 10.8 Å². The first-order valence-corrected chi connectivity index (χ1v) is 7.82. The lowest BCUT2D eigenvalue weighted by molar-refractivity contribution is 0.102. The molecule has 0 radical (unpaired) electrons. The van der Waals surface area contributed by atoms with Crippen LogP contribution in [0.5, 0.6) is 0 Å². The van der Waals surface area contributed by atoms with Crippen LogP contribution in [-0.4, -0.2) is 21.1 Å². The molecule has 0 aliphatic carbocycles. The second kappa shape index (κ2) is 5.38. The maximum Gasteiger partial charge on any atom is 0.269 e. The van der Waals surface area contributed by atoms with Crippen LogP contribution in [-0.2, 0) is 0 Å². The molecule has 0 aliphatic rings. The number of nitrogens with one attached hydrogen (secondary N) is 1. The smallest absolute Gasteiger partial charge is 0.269 e. The molecule has 1 amide bonds. The van der Waals surface area contributed by atoms with E-state index in [0.29, 0.717) is 26.5 Å². The van der Waals surface area contributed by atoms with Crippen LogP contribution in [0.25, 0.3) is 10.8 Å². The summed E-state index contributed by atoms with van der Waals surface area (Å²) in [6, 6.07) is 3.72. The molecule has 0 saturated carbocycles. The first-order chi connectivity index (χ1) is 10.0. The molecule has 0 bridgehead atoms. The fourth-order valence-corrected chi connectivity index (χ4v) is 3.27. The van der Waals surface area contributed by atoms with E-state index < -0.39 is 0 Å². The topological polar surface area (TPSA) is 80.9 Å². The van der Waals surface area contributed by atoms with Crippen molar-refractivity contribution in [3.05, 3.63) is 33.5 Å². The van der Waals surface area contributed by atoms with Crippen molar-refractivity contribution >= 4 is 33.7 Å². The van der Waals surface area contributed by atoms with Crippen molar-refractivity contribution in [2.45, 2.75) is 20.8 Å². The number of rotatable bonds is 3. The van der Waals surface area contributed by atoms with Crippen LogP contribution >= 0.6 is 22.7 Å². The Morgan fingerprint density at radius 3 is 2.62 bits per heavy atom. The highest BCUT2D eigenvalue weighted by molar-refractivity contribution is 7.17. The van der Waals surface area contributed by atoms with Gasteiger partial charge in [0.1, 0.15) is 15.6 Å². The molecule has 0 fully saturated rings. The number of hydrogen-bond donors (Lipinski definition) is 1. The zero-order valence-corrected chi connectivity index (χ0v) is 13.3. The average molecular weight is 320 g/mol. The maximum atomic E-state index is 12.3. The van der Waals surface area contributed by atoms with Gasteiger partial charge in [0, 0.05) is 0 Å². The van der Waals surface area contributed by atoms with Crippen LogP contribution in [0.4, 0.5) is 5.13 Å². The number of thiazole rings is 1. The number of carbonyl (C=O) groups is 1. The number of furan rings is 1. The van der Waals surface area contributed by atoms with E-state index in [0.717, 1.165) is 10.8 Å². The lowest BCUT2D eigenvalue weighted by Gasteiger charge is -1.97. The van der Waals surface area contributed by atoms with Crippen LogP contribution in [0.1, 0.15) is 26.1 Å². The highest BCUT2D eigenvalue weighted by atomic mass is 32.1. The van der Waals surface area contributed by atoms with E-state index in [4.69, 9.17) is 4.42 Å². The lowest BCUT2D eigenvalue weighted by Crippen LogP contribution is -2.11. The fourth-order valence-electron chi connectivity index (χ4n) is 1.76. The Morgan fingerprint density at radius 2 is 2.00 bits per heavy atom. The van der Waals surface area contributed by atoms with Gasteiger partial charge in [-0.15, -0.1) is 21.5 Å². The molecule has 0 aliphatic heterocycles. The minimum Gasteiger partial charge on any atom is -0.459 e. The predicted molar refractivity (Wildman–Crippen MR) is 81.9 cm³/mol. The molecule has 1 N–H and O–H groups in total. The SMILES string of the molecule is Cc1ccc(-c2nc(C)c(C(=O)Nc3nnc(C)s3)s2)o1. The number of anilines is 1. The number of carbonyl (C=O) groups excluding carboxylic acids is 1. The minimum absolute atomic E-state index is 0.226. The lowest BCUT2D eigenvalue weighted by atomic mass is 10.4. The second-order valence-electron chi connectivity index (χ2n) is 4.42. The summed E-state index contributed by atoms with van der Waals surface area (Å²) in [5.41, 5.74) is 0.669. The van der Waals surface area contributed by atoms with E-state index in [1.54, 1.807) is 6.92 Å². The van der Waals surface area contributed by atoms with Crippen molar-refractivity contribution in [2.24, 2.45) is 0 Å². The Balaban J connectivity index is 1.85. The normalized spacial score (nSPS) is 10.8. The first-order valence-electron chi connectivity index (χ1n) is 6.18. The third-order valence-corrected chi connectivity index (χ3v) is 4.63. The van der Waals surface area contributed by atoms with Crippen molar-refractivity contribution in [1.82, 2.24) is 15.2 Å². The van der Waals surface area contributed by atoms with Crippen LogP contribution in [0.15, 0.2) is 16.5 Å². The van der Waals surface area contributed by atoms with Crippen molar-refractivity contribution in [3.63, 3.8) is 0 Å². The Morgan fingerprint density at radius 1 is 1.19 bits per heavy atom. The molecule has 0 spiro atoms. The van der Waals surface area contributed by atoms with E-state index in [2.05, 4.69) is 20.5 Å².